The van der Waals surface area contributed by atoms with E-state index in [9.17, 15) is 23.3 Å². The van der Waals surface area contributed by atoms with Gasteiger partial charge in [-0.2, -0.15) is 0 Å². The van der Waals surface area contributed by atoms with Crippen molar-refractivity contribution >= 4 is 5.69 Å². The summed E-state index contributed by atoms with van der Waals surface area (Å²) in [5, 5.41) is 10.7. The van der Waals surface area contributed by atoms with Gasteiger partial charge in [-0.15, -0.1) is 13.2 Å². The van der Waals surface area contributed by atoms with Crippen LogP contribution in [0.3, 0.4) is 0 Å². The van der Waals surface area contributed by atoms with Crippen LogP contribution in [-0.4, -0.2) is 16.3 Å². The number of pyridine rings is 1. The quantitative estimate of drug-likeness (QED) is 0.651. The van der Waals surface area contributed by atoms with Gasteiger partial charge in [-0.25, -0.2) is 0 Å². The first kappa shape index (κ1) is 13.2. The molecular weight excluding hydrogens is 243 g/mol. The molecule has 0 radical (unpaired) electrons. The molecule has 0 fully saturated rings. The highest BCUT2D eigenvalue weighted by Gasteiger charge is 2.36. The van der Waals surface area contributed by atoms with Crippen molar-refractivity contribution in [2.24, 2.45) is 5.73 Å². The molecule has 0 atom stereocenters. The largest absolute Gasteiger partial charge is 0.573 e. The van der Waals surface area contributed by atoms with Crippen LogP contribution in [0.15, 0.2) is 6.20 Å². The molecule has 0 aliphatic rings. The van der Waals surface area contributed by atoms with E-state index < -0.39 is 22.7 Å². The van der Waals surface area contributed by atoms with Crippen molar-refractivity contribution in [3.05, 3.63) is 27.6 Å². The summed E-state index contributed by atoms with van der Waals surface area (Å²) in [4.78, 5) is 13.3. The number of aryl methyl sites for hydroxylation is 1. The van der Waals surface area contributed by atoms with Crippen LogP contribution in [0, 0.1) is 17.0 Å². The first-order valence-corrected chi connectivity index (χ1v) is 4.35. The van der Waals surface area contributed by atoms with Gasteiger partial charge in [0.2, 0.25) is 5.75 Å². The van der Waals surface area contributed by atoms with Crippen molar-refractivity contribution in [2.75, 3.05) is 0 Å². The van der Waals surface area contributed by atoms with Gasteiger partial charge in [-0.05, 0) is 6.92 Å². The summed E-state index contributed by atoms with van der Waals surface area (Å²) in [6.45, 7) is 0.862. The normalized spacial score (nSPS) is 11.4. The van der Waals surface area contributed by atoms with Crippen molar-refractivity contribution in [3.63, 3.8) is 0 Å². The Bertz CT molecular complexity index is 448. The minimum atomic E-state index is -5.03. The van der Waals surface area contributed by atoms with E-state index in [1.165, 1.54) is 6.92 Å². The third-order valence-electron chi connectivity index (χ3n) is 1.88. The van der Waals surface area contributed by atoms with Gasteiger partial charge in [0.25, 0.3) is 0 Å². The van der Waals surface area contributed by atoms with E-state index in [0.29, 0.717) is 0 Å². The molecular formula is C8H8F3N3O3. The monoisotopic (exact) mass is 251 g/mol. The number of aromatic nitrogens is 1. The maximum atomic E-state index is 12.1. The molecule has 1 aromatic heterocycles. The molecule has 17 heavy (non-hydrogen) atoms. The van der Waals surface area contributed by atoms with Gasteiger partial charge >= 0.3 is 12.0 Å². The average Bonchev–Trinajstić information content (AvgIpc) is 2.15. The zero-order chi connectivity index (χ0) is 13.2. The molecule has 1 rings (SSSR count). The fraction of sp³-hybridized carbons (Fsp3) is 0.375. The number of hydrogen-bond donors (Lipinski definition) is 1. The predicted molar refractivity (Wildman–Crippen MR) is 50.2 cm³/mol. The third kappa shape index (κ3) is 3.03. The van der Waals surface area contributed by atoms with Crippen molar-refractivity contribution < 1.29 is 22.8 Å². The second-order valence-electron chi connectivity index (χ2n) is 3.06. The molecule has 0 aliphatic carbocycles. The molecule has 0 unspecified atom stereocenters. The lowest BCUT2D eigenvalue weighted by Crippen LogP contribution is -2.20. The van der Waals surface area contributed by atoms with E-state index in [1.807, 2.05) is 0 Å². The van der Waals surface area contributed by atoms with E-state index in [0.717, 1.165) is 6.20 Å². The molecule has 0 aliphatic heterocycles. The molecule has 1 heterocycles. The Morgan fingerprint density at radius 2 is 2.18 bits per heavy atom. The zero-order valence-corrected chi connectivity index (χ0v) is 8.61. The molecule has 0 amide bonds. The lowest BCUT2D eigenvalue weighted by molar-refractivity contribution is -0.389. The van der Waals surface area contributed by atoms with E-state index >= 15 is 0 Å². The topological polar surface area (TPSA) is 91.3 Å². The van der Waals surface area contributed by atoms with Gasteiger partial charge in [0, 0.05) is 18.3 Å². The highest BCUT2D eigenvalue weighted by molar-refractivity contribution is 5.53. The van der Waals surface area contributed by atoms with E-state index in [-0.39, 0.29) is 17.8 Å². The number of ether oxygens (including phenoxy) is 1. The number of nitrogens with zero attached hydrogens (tertiary/aromatic N) is 2. The maximum Gasteiger partial charge on any atom is 0.573 e. The van der Waals surface area contributed by atoms with E-state index in [1.54, 1.807) is 0 Å². The minimum Gasteiger partial charge on any atom is -0.398 e. The van der Waals surface area contributed by atoms with Crippen LogP contribution in [0.4, 0.5) is 18.9 Å². The summed E-state index contributed by atoms with van der Waals surface area (Å²) in [5.41, 5.74) is 3.99. The molecule has 0 saturated heterocycles. The van der Waals surface area contributed by atoms with E-state index in [4.69, 9.17) is 5.73 Å². The van der Waals surface area contributed by atoms with Crippen LogP contribution in [-0.2, 0) is 6.54 Å². The second-order valence-corrected chi connectivity index (χ2v) is 3.06. The summed E-state index contributed by atoms with van der Waals surface area (Å²) >= 11 is 0. The van der Waals surface area contributed by atoms with Crippen LogP contribution in [0.25, 0.3) is 0 Å². The second kappa shape index (κ2) is 4.53. The highest BCUT2D eigenvalue weighted by Crippen LogP contribution is 2.36. The molecule has 2 N–H and O–H groups in total. The lowest BCUT2D eigenvalue weighted by atomic mass is 10.2. The summed E-state index contributed by atoms with van der Waals surface area (Å²) in [6, 6.07) is 0. The predicted octanol–water partition coefficient (Wildman–Crippen LogP) is 1.66. The number of nitro groups is 1. The summed E-state index contributed by atoms with van der Waals surface area (Å²) in [6.07, 6.45) is -4.01. The number of halogens is 3. The number of alkyl halides is 3. The smallest absolute Gasteiger partial charge is 0.398 e. The number of nitrogens with two attached hydrogens (primary N) is 1. The SMILES string of the molecule is Cc1ncc(CN)c(OC(F)(F)F)c1[N+](=O)[O-]. The van der Waals surface area contributed by atoms with Crippen LogP contribution in [0.2, 0.25) is 0 Å². The van der Waals surface area contributed by atoms with Gasteiger partial charge in [-0.1, -0.05) is 0 Å². The zero-order valence-electron chi connectivity index (χ0n) is 8.61. The minimum absolute atomic E-state index is 0.175. The Kier molecular flexibility index (Phi) is 3.51. The molecule has 0 saturated carbocycles. The van der Waals surface area contributed by atoms with Crippen molar-refractivity contribution in [1.29, 1.82) is 0 Å². The van der Waals surface area contributed by atoms with Crippen molar-refractivity contribution in [1.82, 2.24) is 4.98 Å². The fourth-order valence-electron chi connectivity index (χ4n) is 1.20. The lowest BCUT2D eigenvalue weighted by Gasteiger charge is -2.12. The Morgan fingerprint density at radius 1 is 1.59 bits per heavy atom. The van der Waals surface area contributed by atoms with Crippen molar-refractivity contribution in [3.8, 4) is 5.75 Å². The molecule has 0 spiro atoms. The van der Waals surface area contributed by atoms with Gasteiger partial charge in [0.1, 0.15) is 5.69 Å². The van der Waals surface area contributed by atoms with E-state index in [2.05, 4.69) is 9.72 Å². The van der Waals surface area contributed by atoms with Crippen LogP contribution >= 0.6 is 0 Å². The van der Waals surface area contributed by atoms with Gasteiger partial charge in [-0.3, -0.25) is 15.1 Å². The Hall–Kier alpha value is -1.90. The highest BCUT2D eigenvalue weighted by atomic mass is 19.4. The van der Waals surface area contributed by atoms with Gasteiger partial charge in [0.15, 0.2) is 0 Å². The van der Waals surface area contributed by atoms with Crippen LogP contribution < -0.4 is 10.5 Å². The average molecular weight is 251 g/mol. The third-order valence-corrected chi connectivity index (χ3v) is 1.88. The molecule has 6 nitrogen and oxygen atoms in total. The number of rotatable bonds is 3. The maximum absolute atomic E-state index is 12.1. The Labute approximate surface area is 93.3 Å². The summed E-state index contributed by atoms with van der Waals surface area (Å²) in [5.74, 6) is -0.905. The fourth-order valence-corrected chi connectivity index (χ4v) is 1.20. The van der Waals surface area contributed by atoms with Gasteiger partial charge in [0.05, 0.1) is 4.92 Å². The molecule has 0 bridgehead atoms. The Morgan fingerprint density at radius 3 is 2.59 bits per heavy atom. The summed E-state index contributed by atoms with van der Waals surface area (Å²) in [7, 11) is 0. The molecule has 94 valence electrons. The van der Waals surface area contributed by atoms with Crippen LogP contribution in [0.5, 0.6) is 5.75 Å². The molecule has 0 aromatic carbocycles. The molecule has 1 aromatic rings. The first-order valence-electron chi connectivity index (χ1n) is 4.35. The Balaban J connectivity index is 3.40. The van der Waals surface area contributed by atoms with Gasteiger partial charge < -0.3 is 10.5 Å². The first-order chi connectivity index (χ1) is 7.76. The molecule has 9 heteroatoms. The summed E-state index contributed by atoms with van der Waals surface area (Å²) < 4.78 is 40.0. The standard InChI is InChI=1S/C8H8F3N3O3/c1-4-6(14(15)16)7(17-8(9,10)11)5(2-12)3-13-4/h3H,2,12H2,1H3. The van der Waals surface area contributed by atoms with Crippen LogP contribution in [0.1, 0.15) is 11.3 Å². The number of hydrogen-bond acceptors (Lipinski definition) is 5. The van der Waals surface area contributed by atoms with Crippen molar-refractivity contribution in [2.45, 2.75) is 19.8 Å².